The molecule has 1 heterocycles. The van der Waals surface area contributed by atoms with Gasteiger partial charge in [-0.25, -0.2) is 4.98 Å². The quantitative estimate of drug-likeness (QED) is 0.435. The van der Waals surface area contributed by atoms with Crippen molar-refractivity contribution in [3.05, 3.63) is 64.0 Å². The van der Waals surface area contributed by atoms with Crippen LogP contribution in [0.2, 0.25) is 0 Å². The summed E-state index contributed by atoms with van der Waals surface area (Å²) in [6, 6.07) is 14.1. The first kappa shape index (κ1) is 18.0. The first-order chi connectivity index (χ1) is 12.6. The molecule has 0 bridgehead atoms. The number of thiazole rings is 1. The zero-order valence-electron chi connectivity index (χ0n) is 13.7. The first-order valence-corrected chi connectivity index (χ1v) is 8.79. The fourth-order valence-electron chi connectivity index (χ4n) is 2.41. The summed E-state index contributed by atoms with van der Waals surface area (Å²) >= 11 is 1.39. The molecule has 1 aromatic heterocycles. The number of rotatable bonds is 7. The SMILES string of the molecule is O=[N+]([O-])c1ccc(NCC(O)CO)c(-c2nc(-c3ccccc3)cs2)c1. The number of nitrogens with zero attached hydrogens (tertiary/aromatic N) is 2. The van der Waals surface area contributed by atoms with Crippen molar-refractivity contribution >= 4 is 22.7 Å². The fourth-order valence-corrected chi connectivity index (χ4v) is 3.27. The predicted molar refractivity (Wildman–Crippen MR) is 101 cm³/mol. The topological polar surface area (TPSA) is 109 Å². The van der Waals surface area contributed by atoms with Gasteiger partial charge in [-0.3, -0.25) is 10.1 Å². The summed E-state index contributed by atoms with van der Waals surface area (Å²) in [5.41, 5.74) is 2.90. The van der Waals surface area contributed by atoms with Crippen LogP contribution < -0.4 is 5.32 Å². The Bertz CT molecular complexity index is 898. The van der Waals surface area contributed by atoms with E-state index in [9.17, 15) is 15.2 Å². The summed E-state index contributed by atoms with van der Waals surface area (Å²) in [6.07, 6.45) is -0.922. The van der Waals surface area contributed by atoms with E-state index < -0.39 is 11.0 Å². The van der Waals surface area contributed by atoms with Crippen molar-refractivity contribution in [3.8, 4) is 21.8 Å². The third kappa shape index (κ3) is 4.05. The molecule has 7 nitrogen and oxygen atoms in total. The lowest BCUT2D eigenvalue weighted by Gasteiger charge is -2.13. The number of nitrogens with one attached hydrogen (secondary N) is 1. The van der Waals surface area contributed by atoms with E-state index in [4.69, 9.17) is 5.11 Å². The molecule has 2 aromatic carbocycles. The fraction of sp³-hybridized carbons (Fsp3) is 0.167. The molecule has 0 aliphatic carbocycles. The highest BCUT2D eigenvalue weighted by Crippen LogP contribution is 2.35. The number of hydrogen-bond acceptors (Lipinski definition) is 7. The minimum atomic E-state index is -0.922. The summed E-state index contributed by atoms with van der Waals surface area (Å²) in [4.78, 5) is 15.3. The van der Waals surface area contributed by atoms with Gasteiger partial charge in [0.25, 0.3) is 5.69 Å². The molecule has 0 radical (unpaired) electrons. The van der Waals surface area contributed by atoms with Crippen LogP contribution in [0.15, 0.2) is 53.9 Å². The summed E-state index contributed by atoms with van der Waals surface area (Å²) in [6.45, 7) is -0.247. The van der Waals surface area contributed by atoms with Crippen LogP contribution in [0.1, 0.15) is 0 Å². The lowest BCUT2D eigenvalue weighted by Crippen LogP contribution is -2.23. The van der Waals surface area contributed by atoms with Gasteiger partial charge in [-0.2, -0.15) is 0 Å². The van der Waals surface area contributed by atoms with Crippen molar-refractivity contribution in [2.24, 2.45) is 0 Å². The molecule has 0 saturated heterocycles. The number of benzene rings is 2. The van der Waals surface area contributed by atoms with Gasteiger partial charge in [-0.1, -0.05) is 30.3 Å². The minimum Gasteiger partial charge on any atom is -0.394 e. The minimum absolute atomic E-state index is 0.0373. The van der Waals surface area contributed by atoms with E-state index >= 15 is 0 Å². The summed E-state index contributed by atoms with van der Waals surface area (Å²) in [5.74, 6) is 0. The van der Waals surface area contributed by atoms with E-state index in [0.29, 0.717) is 16.3 Å². The van der Waals surface area contributed by atoms with Gasteiger partial charge < -0.3 is 15.5 Å². The lowest BCUT2D eigenvalue weighted by molar-refractivity contribution is -0.384. The lowest BCUT2D eigenvalue weighted by atomic mass is 10.1. The maximum atomic E-state index is 11.1. The number of aromatic nitrogens is 1. The molecule has 0 fully saturated rings. The number of non-ortho nitro benzene ring substituents is 1. The van der Waals surface area contributed by atoms with E-state index in [1.54, 1.807) is 6.07 Å². The molecule has 3 aromatic rings. The van der Waals surface area contributed by atoms with Crippen molar-refractivity contribution in [2.75, 3.05) is 18.5 Å². The molecule has 26 heavy (non-hydrogen) atoms. The normalized spacial score (nSPS) is 11.9. The van der Waals surface area contributed by atoms with Crippen LogP contribution in [0.25, 0.3) is 21.8 Å². The van der Waals surface area contributed by atoms with E-state index in [1.807, 2.05) is 35.7 Å². The third-order valence-electron chi connectivity index (χ3n) is 3.76. The summed E-state index contributed by atoms with van der Waals surface area (Å²) < 4.78 is 0. The van der Waals surface area contributed by atoms with E-state index in [2.05, 4.69) is 10.3 Å². The molecule has 8 heteroatoms. The number of aliphatic hydroxyl groups excluding tert-OH is 2. The van der Waals surface area contributed by atoms with E-state index in [1.165, 1.54) is 23.5 Å². The van der Waals surface area contributed by atoms with E-state index in [-0.39, 0.29) is 18.8 Å². The van der Waals surface area contributed by atoms with Crippen LogP contribution in [0.5, 0.6) is 0 Å². The maximum absolute atomic E-state index is 11.1. The second-order valence-electron chi connectivity index (χ2n) is 5.61. The molecule has 0 amide bonds. The Morgan fingerprint density at radius 2 is 2.00 bits per heavy atom. The molecule has 0 aliphatic rings. The number of nitro groups is 1. The number of aliphatic hydroxyl groups is 2. The van der Waals surface area contributed by atoms with Gasteiger partial charge in [0, 0.05) is 40.9 Å². The molecule has 1 unspecified atom stereocenters. The maximum Gasteiger partial charge on any atom is 0.270 e. The smallest absolute Gasteiger partial charge is 0.270 e. The Morgan fingerprint density at radius 1 is 1.23 bits per heavy atom. The van der Waals surface area contributed by atoms with Crippen molar-refractivity contribution in [1.29, 1.82) is 0 Å². The highest BCUT2D eigenvalue weighted by molar-refractivity contribution is 7.13. The van der Waals surface area contributed by atoms with Gasteiger partial charge in [-0.15, -0.1) is 11.3 Å². The monoisotopic (exact) mass is 371 g/mol. The molecule has 0 aliphatic heterocycles. The molecule has 3 rings (SSSR count). The highest BCUT2D eigenvalue weighted by atomic mass is 32.1. The van der Waals surface area contributed by atoms with Gasteiger partial charge in [0.1, 0.15) is 5.01 Å². The largest absolute Gasteiger partial charge is 0.394 e. The first-order valence-electron chi connectivity index (χ1n) is 7.91. The van der Waals surface area contributed by atoms with Crippen molar-refractivity contribution < 1.29 is 15.1 Å². The Kier molecular flexibility index (Phi) is 5.57. The van der Waals surface area contributed by atoms with Crippen LogP contribution in [0, 0.1) is 10.1 Å². The second-order valence-corrected chi connectivity index (χ2v) is 6.47. The van der Waals surface area contributed by atoms with Gasteiger partial charge in [-0.05, 0) is 6.07 Å². The van der Waals surface area contributed by atoms with Gasteiger partial charge in [0.05, 0.1) is 23.3 Å². The standard InChI is InChI=1S/C18H17N3O4S/c22-10-14(23)9-19-16-7-6-13(21(24)25)8-15(16)18-20-17(11-26-18)12-4-2-1-3-5-12/h1-8,11,14,19,22-23H,9-10H2. The zero-order valence-corrected chi connectivity index (χ0v) is 14.5. The van der Waals surface area contributed by atoms with Gasteiger partial charge >= 0.3 is 0 Å². The van der Waals surface area contributed by atoms with E-state index in [0.717, 1.165) is 11.3 Å². The Hall–Kier alpha value is -2.81. The third-order valence-corrected chi connectivity index (χ3v) is 4.63. The Morgan fingerprint density at radius 3 is 2.69 bits per heavy atom. The average molecular weight is 371 g/mol. The zero-order chi connectivity index (χ0) is 18.5. The van der Waals surface area contributed by atoms with Gasteiger partial charge in [0.2, 0.25) is 0 Å². The molecule has 134 valence electrons. The van der Waals surface area contributed by atoms with Crippen molar-refractivity contribution in [3.63, 3.8) is 0 Å². The number of hydrogen-bond donors (Lipinski definition) is 3. The molecule has 3 N–H and O–H groups in total. The van der Waals surface area contributed by atoms with Crippen molar-refractivity contribution in [2.45, 2.75) is 6.10 Å². The molecule has 1 atom stereocenters. The highest BCUT2D eigenvalue weighted by Gasteiger charge is 2.16. The number of anilines is 1. The molecule has 0 saturated carbocycles. The van der Waals surface area contributed by atoms with Crippen molar-refractivity contribution in [1.82, 2.24) is 4.98 Å². The Labute approximate surface area is 153 Å². The van der Waals surface area contributed by atoms with Crippen LogP contribution in [-0.2, 0) is 0 Å². The molecule has 0 spiro atoms. The Balaban J connectivity index is 1.97. The van der Waals surface area contributed by atoms with Crippen LogP contribution in [0.3, 0.4) is 0 Å². The predicted octanol–water partition coefficient (Wildman–Crippen LogP) is 3.15. The average Bonchev–Trinajstić information content (AvgIpc) is 3.16. The van der Waals surface area contributed by atoms with Gasteiger partial charge in [0.15, 0.2) is 0 Å². The summed E-state index contributed by atoms with van der Waals surface area (Å²) in [5, 5.41) is 35.2. The molecular weight excluding hydrogens is 354 g/mol. The molecular formula is C18H17N3O4S. The summed E-state index contributed by atoms with van der Waals surface area (Å²) in [7, 11) is 0. The second kappa shape index (κ2) is 8.05. The van der Waals surface area contributed by atoms with Crippen LogP contribution in [-0.4, -0.2) is 39.4 Å². The van der Waals surface area contributed by atoms with Crippen LogP contribution in [0.4, 0.5) is 11.4 Å². The van der Waals surface area contributed by atoms with Crippen LogP contribution >= 0.6 is 11.3 Å². The number of nitro benzene ring substituents is 1.